The predicted molar refractivity (Wildman–Crippen MR) is 54.9 cm³/mol. The van der Waals surface area contributed by atoms with Crippen molar-refractivity contribution in [3.05, 3.63) is 28.6 Å². The number of aromatic nitrogens is 1. The van der Waals surface area contributed by atoms with Gasteiger partial charge in [-0.1, -0.05) is 0 Å². The zero-order valence-corrected chi connectivity index (χ0v) is 9.96. The summed E-state index contributed by atoms with van der Waals surface area (Å²) in [6, 6.07) is 1.24. The highest BCUT2D eigenvalue weighted by atomic mass is 19.4. The van der Waals surface area contributed by atoms with Gasteiger partial charge in [0.2, 0.25) is 0 Å². The van der Waals surface area contributed by atoms with Gasteiger partial charge in [-0.3, -0.25) is 0 Å². The van der Waals surface area contributed by atoms with E-state index in [2.05, 4.69) is 9.72 Å². The van der Waals surface area contributed by atoms with Crippen molar-refractivity contribution >= 4 is 5.97 Å². The summed E-state index contributed by atoms with van der Waals surface area (Å²) in [5, 5.41) is 8.55. The summed E-state index contributed by atoms with van der Waals surface area (Å²) in [6.07, 6.45) is -8.32. The van der Waals surface area contributed by atoms with Crippen molar-refractivity contribution < 1.29 is 31.5 Å². The fraction of sp³-hybridized carbons (Fsp3) is 0.364. The number of hydrogen-bond acceptors (Lipinski definition) is 4. The Morgan fingerprint density at radius 3 is 2.50 bits per heavy atom. The van der Waals surface area contributed by atoms with Gasteiger partial charge in [0.05, 0.1) is 17.7 Å². The lowest BCUT2D eigenvalue weighted by Crippen LogP contribution is -2.17. The Balaban J connectivity index is 3.56. The average Bonchev–Trinajstić information content (AvgIpc) is 2.36. The van der Waals surface area contributed by atoms with Crippen molar-refractivity contribution in [1.82, 2.24) is 4.98 Å². The van der Waals surface area contributed by atoms with Gasteiger partial charge in [-0.2, -0.15) is 18.4 Å². The van der Waals surface area contributed by atoms with E-state index in [0.29, 0.717) is 0 Å². The lowest BCUT2D eigenvalue weighted by Gasteiger charge is -2.13. The first-order chi connectivity index (χ1) is 9.22. The maximum atomic E-state index is 12.7. The molecule has 0 aliphatic heterocycles. The molecule has 0 aromatic carbocycles. The Bertz CT molecular complexity index is 563. The Morgan fingerprint density at radius 1 is 1.50 bits per heavy atom. The lowest BCUT2D eigenvalue weighted by atomic mass is 10.1. The van der Waals surface area contributed by atoms with E-state index in [4.69, 9.17) is 5.26 Å². The van der Waals surface area contributed by atoms with Crippen molar-refractivity contribution in [1.29, 1.82) is 5.26 Å². The van der Waals surface area contributed by atoms with Crippen molar-refractivity contribution in [3.8, 4) is 6.07 Å². The van der Waals surface area contributed by atoms with E-state index in [-0.39, 0.29) is 12.7 Å². The molecule has 1 aromatic heterocycles. The first kappa shape index (κ1) is 15.8. The maximum Gasteiger partial charge on any atom is 0.419 e. The highest BCUT2D eigenvalue weighted by molar-refractivity contribution is 5.91. The Kier molecular flexibility index (Phi) is 4.60. The van der Waals surface area contributed by atoms with Gasteiger partial charge in [0, 0.05) is 0 Å². The first-order valence-electron chi connectivity index (χ1n) is 5.19. The number of nitrogens with zero attached hydrogens (tertiary/aromatic N) is 2. The smallest absolute Gasteiger partial charge is 0.419 e. The van der Waals surface area contributed by atoms with Crippen molar-refractivity contribution in [2.75, 3.05) is 6.61 Å². The third kappa shape index (κ3) is 3.20. The number of esters is 1. The quantitative estimate of drug-likeness (QED) is 0.635. The first-order valence-corrected chi connectivity index (χ1v) is 5.19. The van der Waals surface area contributed by atoms with Crippen LogP contribution in [0.1, 0.15) is 40.7 Å². The Labute approximate surface area is 109 Å². The van der Waals surface area contributed by atoms with Gasteiger partial charge in [0.25, 0.3) is 6.43 Å². The second-order valence-corrected chi connectivity index (χ2v) is 3.45. The number of ether oxygens (including phenoxy) is 1. The topological polar surface area (TPSA) is 63.0 Å². The van der Waals surface area contributed by atoms with Crippen LogP contribution in [0, 0.1) is 11.3 Å². The van der Waals surface area contributed by atoms with Gasteiger partial charge in [0.1, 0.15) is 11.8 Å². The van der Waals surface area contributed by atoms with Gasteiger partial charge >= 0.3 is 12.1 Å². The minimum atomic E-state index is -5.00. The molecule has 1 rings (SSSR count). The summed E-state index contributed by atoms with van der Waals surface area (Å²) in [5.74, 6) is -1.36. The molecule has 1 aromatic rings. The maximum absolute atomic E-state index is 12.7. The number of hydrogen-bond donors (Lipinski definition) is 0. The van der Waals surface area contributed by atoms with E-state index in [9.17, 15) is 26.7 Å². The van der Waals surface area contributed by atoms with Gasteiger partial charge in [-0.15, -0.1) is 0 Å². The van der Waals surface area contributed by atoms with Crippen LogP contribution in [0.4, 0.5) is 22.0 Å². The molecule has 4 nitrogen and oxygen atoms in total. The largest absolute Gasteiger partial charge is 0.462 e. The highest BCUT2D eigenvalue weighted by Crippen LogP contribution is 2.34. The molecule has 0 atom stereocenters. The summed E-state index contributed by atoms with van der Waals surface area (Å²) >= 11 is 0. The fourth-order valence-electron chi connectivity index (χ4n) is 1.37. The molecular weight excluding hydrogens is 287 g/mol. The standard InChI is InChI=1S/C11H7F5N2O2/c1-2-20-10(19)5-3-6(11(14,15)16)7(4-17)18-8(5)9(12)13/h3,9H,2H2,1H3. The predicted octanol–water partition coefficient (Wildman–Crippen LogP) is 3.09. The van der Waals surface area contributed by atoms with E-state index in [1.807, 2.05) is 0 Å². The minimum absolute atomic E-state index is 0.158. The van der Waals surface area contributed by atoms with Gasteiger partial charge < -0.3 is 4.74 Å². The average molecular weight is 294 g/mol. The molecule has 1 heterocycles. The second kappa shape index (κ2) is 5.81. The molecule has 0 bridgehead atoms. The van der Waals surface area contributed by atoms with Crippen molar-refractivity contribution in [3.63, 3.8) is 0 Å². The van der Waals surface area contributed by atoms with E-state index in [0.717, 1.165) is 6.07 Å². The molecule has 20 heavy (non-hydrogen) atoms. The zero-order chi connectivity index (χ0) is 15.5. The molecule has 0 N–H and O–H groups in total. The van der Waals surface area contributed by atoms with Crippen LogP contribution in [-0.4, -0.2) is 17.6 Å². The van der Waals surface area contributed by atoms with Crippen molar-refractivity contribution in [2.45, 2.75) is 19.5 Å². The van der Waals surface area contributed by atoms with Gasteiger partial charge in [-0.25, -0.2) is 18.6 Å². The van der Waals surface area contributed by atoms with Crippen LogP contribution >= 0.6 is 0 Å². The van der Waals surface area contributed by atoms with Gasteiger partial charge in [-0.05, 0) is 13.0 Å². The zero-order valence-electron chi connectivity index (χ0n) is 9.96. The molecule has 0 spiro atoms. The molecule has 0 radical (unpaired) electrons. The highest BCUT2D eigenvalue weighted by Gasteiger charge is 2.37. The van der Waals surface area contributed by atoms with Crippen LogP contribution in [-0.2, 0) is 10.9 Å². The van der Waals surface area contributed by atoms with Gasteiger partial charge in [0.15, 0.2) is 5.69 Å². The lowest BCUT2D eigenvalue weighted by molar-refractivity contribution is -0.138. The summed E-state index contributed by atoms with van der Waals surface area (Å²) in [7, 11) is 0. The molecular formula is C11H7F5N2O2. The molecule has 0 saturated heterocycles. The number of nitriles is 1. The van der Waals surface area contributed by atoms with Crippen LogP contribution in [0.5, 0.6) is 0 Å². The monoisotopic (exact) mass is 294 g/mol. The minimum Gasteiger partial charge on any atom is -0.462 e. The fourth-order valence-corrected chi connectivity index (χ4v) is 1.37. The Morgan fingerprint density at radius 2 is 2.10 bits per heavy atom. The molecule has 108 valence electrons. The van der Waals surface area contributed by atoms with E-state index in [1.165, 1.54) is 6.92 Å². The molecule has 0 saturated carbocycles. The number of alkyl halides is 5. The number of rotatable bonds is 3. The molecule has 9 heteroatoms. The Hall–Kier alpha value is -2.24. The summed E-state index contributed by atoms with van der Waals surface area (Å²) in [4.78, 5) is 14.3. The summed E-state index contributed by atoms with van der Waals surface area (Å²) in [6.45, 7) is 1.16. The summed E-state index contributed by atoms with van der Waals surface area (Å²) in [5.41, 5.74) is -5.01. The number of pyridine rings is 1. The molecule has 0 unspecified atom stereocenters. The van der Waals surface area contributed by atoms with E-state index < -0.39 is 41.1 Å². The normalized spacial score (nSPS) is 11.3. The van der Waals surface area contributed by atoms with E-state index in [1.54, 1.807) is 0 Å². The number of carbonyl (C=O) groups is 1. The molecule has 0 aliphatic carbocycles. The number of carbonyl (C=O) groups excluding carboxylic acids is 1. The second-order valence-electron chi connectivity index (χ2n) is 3.45. The van der Waals surface area contributed by atoms with Crippen LogP contribution in [0.2, 0.25) is 0 Å². The van der Waals surface area contributed by atoms with Crippen LogP contribution in [0.25, 0.3) is 0 Å². The van der Waals surface area contributed by atoms with Crippen molar-refractivity contribution in [2.24, 2.45) is 0 Å². The third-order valence-corrected chi connectivity index (χ3v) is 2.17. The van der Waals surface area contributed by atoms with Crippen LogP contribution in [0.3, 0.4) is 0 Å². The van der Waals surface area contributed by atoms with Crippen LogP contribution in [0.15, 0.2) is 6.07 Å². The van der Waals surface area contributed by atoms with Crippen LogP contribution < -0.4 is 0 Å². The van der Waals surface area contributed by atoms with E-state index >= 15 is 0 Å². The SMILES string of the molecule is CCOC(=O)c1cc(C(F)(F)F)c(C#N)nc1C(F)F. The third-order valence-electron chi connectivity index (χ3n) is 2.17. The molecule has 0 fully saturated rings. The molecule has 0 aliphatic rings. The summed E-state index contributed by atoms with van der Waals surface area (Å²) < 4.78 is 67.8. The molecule has 0 amide bonds. The number of halogens is 5.